The van der Waals surface area contributed by atoms with Crippen molar-refractivity contribution in [2.75, 3.05) is 36.0 Å². The SMILES string of the molecule is Cc1cccc(C(=O)N2CCN3CCOc4cccc2c43)c1. The molecule has 2 aromatic carbocycles. The van der Waals surface area contributed by atoms with Crippen LogP contribution in [-0.4, -0.2) is 32.1 Å². The van der Waals surface area contributed by atoms with Crippen molar-refractivity contribution in [3.8, 4) is 5.75 Å². The number of nitrogens with zero attached hydrogens (tertiary/aromatic N) is 2. The zero-order valence-electron chi connectivity index (χ0n) is 12.6. The van der Waals surface area contributed by atoms with Gasteiger partial charge in [0.25, 0.3) is 5.91 Å². The van der Waals surface area contributed by atoms with E-state index in [1.165, 1.54) is 0 Å². The molecular weight excluding hydrogens is 276 g/mol. The van der Waals surface area contributed by atoms with E-state index in [0.717, 1.165) is 41.3 Å². The van der Waals surface area contributed by atoms with Gasteiger partial charge in [-0.15, -0.1) is 0 Å². The second-order valence-electron chi connectivity index (χ2n) is 5.79. The topological polar surface area (TPSA) is 32.8 Å². The number of carbonyl (C=O) groups excluding carboxylic acids is 1. The summed E-state index contributed by atoms with van der Waals surface area (Å²) in [5.74, 6) is 0.938. The summed E-state index contributed by atoms with van der Waals surface area (Å²) in [6.45, 7) is 5.17. The van der Waals surface area contributed by atoms with E-state index in [9.17, 15) is 4.79 Å². The lowest BCUT2D eigenvalue weighted by Gasteiger charge is -2.41. The van der Waals surface area contributed by atoms with Crippen LogP contribution in [-0.2, 0) is 0 Å². The van der Waals surface area contributed by atoms with Crippen LogP contribution in [0.1, 0.15) is 15.9 Å². The van der Waals surface area contributed by atoms with E-state index in [1.54, 1.807) is 0 Å². The maximum Gasteiger partial charge on any atom is 0.258 e. The first-order chi connectivity index (χ1) is 10.7. The van der Waals surface area contributed by atoms with Crippen molar-refractivity contribution in [3.63, 3.8) is 0 Å². The summed E-state index contributed by atoms with van der Waals surface area (Å²) in [6, 6.07) is 13.7. The van der Waals surface area contributed by atoms with E-state index in [0.29, 0.717) is 13.2 Å². The Morgan fingerprint density at radius 1 is 1.09 bits per heavy atom. The van der Waals surface area contributed by atoms with Crippen LogP contribution in [0.25, 0.3) is 0 Å². The number of rotatable bonds is 1. The lowest BCUT2D eigenvalue weighted by Crippen LogP contribution is -2.47. The Balaban J connectivity index is 1.76. The maximum absolute atomic E-state index is 12.9. The number of amides is 1. The van der Waals surface area contributed by atoms with Gasteiger partial charge in [-0.2, -0.15) is 0 Å². The van der Waals surface area contributed by atoms with Crippen LogP contribution in [0.5, 0.6) is 5.75 Å². The number of carbonyl (C=O) groups is 1. The molecule has 0 spiro atoms. The molecule has 0 fully saturated rings. The normalized spacial score (nSPS) is 16.0. The molecule has 0 saturated heterocycles. The van der Waals surface area contributed by atoms with Gasteiger partial charge in [0.15, 0.2) is 0 Å². The minimum absolute atomic E-state index is 0.0577. The summed E-state index contributed by atoms with van der Waals surface area (Å²) in [4.78, 5) is 17.1. The zero-order valence-corrected chi connectivity index (χ0v) is 12.6. The fourth-order valence-electron chi connectivity index (χ4n) is 3.25. The van der Waals surface area contributed by atoms with Gasteiger partial charge in [0.2, 0.25) is 0 Å². The van der Waals surface area contributed by atoms with E-state index in [4.69, 9.17) is 4.74 Å². The standard InChI is InChI=1S/C18H18N2O2/c1-13-4-2-5-14(12-13)18(21)20-9-8-19-10-11-22-16-7-3-6-15(20)17(16)19/h2-7,12H,8-11H2,1H3. The number of hydrogen-bond acceptors (Lipinski definition) is 3. The number of anilines is 2. The van der Waals surface area contributed by atoms with Crippen LogP contribution in [0.15, 0.2) is 42.5 Å². The summed E-state index contributed by atoms with van der Waals surface area (Å²) in [7, 11) is 0. The number of para-hydroxylation sites is 1. The fourth-order valence-corrected chi connectivity index (χ4v) is 3.25. The molecule has 112 valence electrons. The van der Waals surface area contributed by atoms with E-state index < -0.39 is 0 Å². The van der Waals surface area contributed by atoms with Crippen molar-refractivity contribution in [3.05, 3.63) is 53.6 Å². The van der Waals surface area contributed by atoms with E-state index in [-0.39, 0.29) is 5.91 Å². The van der Waals surface area contributed by atoms with Crippen LogP contribution in [0.4, 0.5) is 11.4 Å². The molecule has 0 aromatic heterocycles. The molecule has 0 atom stereocenters. The van der Waals surface area contributed by atoms with Crippen LogP contribution in [0.2, 0.25) is 0 Å². The second kappa shape index (κ2) is 5.05. The van der Waals surface area contributed by atoms with Crippen LogP contribution in [0, 0.1) is 6.92 Å². The number of aryl methyl sites for hydroxylation is 1. The average molecular weight is 294 g/mol. The Labute approximate surface area is 129 Å². The molecule has 0 aliphatic carbocycles. The van der Waals surface area contributed by atoms with Crippen molar-refractivity contribution in [1.82, 2.24) is 0 Å². The lowest BCUT2D eigenvalue weighted by molar-refractivity contribution is 0.0986. The van der Waals surface area contributed by atoms with E-state index >= 15 is 0 Å². The Bertz CT molecular complexity index is 742. The number of ether oxygens (including phenoxy) is 1. The smallest absolute Gasteiger partial charge is 0.258 e. The lowest BCUT2D eigenvalue weighted by atomic mass is 10.1. The Morgan fingerprint density at radius 3 is 2.82 bits per heavy atom. The summed E-state index contributed by atoms with van der Waals surface area (Å²) < 4.78 is 5.74. The van der Waals surface area contributed by atoms with E-state index in [2.05, 4.69) is 4.90 Å². The molecule has 2 aromatic rings. The van der Waals surface area contributed by atoms with E-state index in [1.807, 2.05) is 54.3 Å². The van der Waals surface area contributed by atoms with Gasteiger partial charge in [0, 0.05) is 18.7 Å². The minimum atomic E-state index is 0.0577. The number of hydrogen-bond donors (Lipinski definition) is 0. The van der Waals surface area contributed by atoms with Gasteiger partial charge >= 0.3 is 0 Å². The van der Waals surface area contributed by atoms with Gasteiger partial charge in [-0.05, 0) is 31.2 Å². The van der Waals surface area contributed by atoms with Crippen LogP contribution >= 0.6 is 0 Å². The molecule has 4 heteroatoms. The van der Waals surface area contributed by atoms with Crippen LogP contribution in [0.3, 0.4) is 0 Å². The summed E-state index contributed by atoms with van der Waals surface area (Å²) in [5, 5.41) is 0. The molecule has 4 nitrogen and oxygen atoms in total. The van der Waals surface area contributed by atoms with Gasteiger partial charge in [0.05, 0.1) is 12.2 Å². The van der Waals surface area contributed by atoms with Crippen molar-refractivity contribution in [2.24, 2.45) is 0 Å². The molecule has 0 N–H and O–H groups in total. The van der Waals surface area contributed by atoms with Gasteiger partial charge in [-0.3, -0.25) is 4.79 Å². The zero-order chi connectivity index (χ0) is 15.1. The molecule has 0 radical (unpaired) electrons. The van der Waals surface area contributed by atoms with Crippen molar-refractivity contribution < 1.29 is 9.53 Å². The first-order valence-corrected chi connectivity index (χ1v) is 7.63. The molecule has 0 bridgehead atoms. The second-order valence-corrected chi connectivity index (χ2v) is 5.79. The van der Waals surface area contributed by atoms with Gasteiger partial charge in [-0.1, -0.05) is 23.8 Å². The monoisotopic (exact) mass is 294 g/mol. The van der Waals surface area contributed by atoms with Gasteiger partial charge in [0.1, 0.15) is 18.0 Å². The molecule has 2 aliphatic rings. The molecule has 2 heterocycles. The molecule has 2 aliphatic heterocycles. The van der Waals surface area contributed by atoms with Crippen LogP contribution < -0.4 is 14.5 Å². The highest BCUT2D eigenvalue weighted by Gasteiger charge is 2.31. The first kappa shape index (κ1) is 13.2. The molecule has 0 saturated carbocycles. The predicted molar refractivity (Wildman–Crippen MR) is 87.0 cm³/mol. The van der Waals surface area contributed by atoms with Crippen molar-refractivity contribution >= 4 is 17.3 Å². The summed E-state index contributed by atoms with van der Waals surface area (Å²) >= 11 is 0. The van der Waals surface area contributed by atoms with Crippen molar-refractivity contribution in [2.45, 2.75) is 6.92 Å². The maximum atomic E-state index is 12.9. The fraction of sp³-hybridized carbons (Fsp3) is 0.278. The quantitative estimate of drug-likeness (QED) is 0.811. The third-order valence-electron chi connectivity index (χ3n) is 4.31. The average Bonchev–Trinajstić information content (AvgIpc) is 2.55. The third-order valence-corrected chi connectivity index (χ3v) is 4.31. The van der Waals surface area contributed by atoms with Gasteiger partial charge < -0.3 is 14.5 Å². The Hall–Kier alpha value is -2.49. The van der Waals surface area contributed by atoms with Gasteiger partial charge in [-0.25, -0.2) is 0 Å². The largest absolute Gasteiger partial charge is 0.489 e. The Morgan fingerprint density at radius 2 is 1.95 bits per heavy atom. The summed E-state index contributed by atoms with van der Waals surface area (Å²) in [5.41, 5.74) is 3.85. The molecule has 1 amide bonds. The third kappa shape index (κ3) is 2.03. The highest BCUT2D eigenvalue weighted by Crippen LogP contribution is 2.42. The summed E-state index contributed by atoms with van der Waals surface area (Å²) in [6.07, 6.45) is 0. The molecule has 4 rings (SSSR count). The molecular formula is C18H18N2O2. The predicted octanol–water partition coefficient (Wildman–Crippen LogP) is 2.85. The first-order valence-electron chi connectivity index (χ1n) is 7.63. The number of benzene rings is 2. The molecule has 22 heavy (non-hydrogen) atoms. The van der Waals surface area contributed by atoms with Crippen molar-refractivity contribution in [1.29, 1.82) is 0 Å². The highest BCUT2D eigenvalue weighted by molar-refractivity contribution is 6.09. The Kier molecular flexibility index (Phi) is 3.03. The highest BCUT2D eigenvalue weighted by atomic mass is 16.5. The minimum Gasteiger partial charge on any atom is -0.489 e. The molecule has 0 unspecified atom stereocenters.